The van der Waals surface area contributed by atoms with Crippen LogP contribution in [0.2, 0.25) is 0 Å². The van der Waals surface area contributed by atoms with Gasteiger partial charge in [0.05, 0.1) is 0 Å². The lowest BCUT2D eigenvalue weighted by molar-refractivity contribution is -0.139. The van der Waals surface area contributed by atoms with Crippen LogP contribution < -0.4 is 5.32 Å². The summed E-state index contributed by atoms with van der Waals surface area (Å²) in [6.45, 7) is 0. The Morgan fingerprint density at radius 2 is 2.11 bits per heavy atom. The molecule has 0 amide bonds. The number of nitrogens with one attached hydrogen (secondary N) is 1. The Hall–Kier alpha value is -1.52. The Balaban J connectivity index is 0.00000162. The number of aryl methyl sites for hydroxylation is 1. The van der Waals surface area contributed by atoms with Crippen LogP contribution in [0.1, 0.15) is 5.56 Å². The summed E-state index contributed by atoms with van der Waals surface area (Å²) >= 11 is 0. The fourth-order valence-corrected chi connectivity index (χ4v) is 2.12. The third kappa shape index (κ3) is 2.66. The molecule has 0 bridgehead atoms. The molecule has 0 spiro atoms. The van der Waals surface area contributed by atoms with E-state index in [4.69, 9.17) is 5.11 Å². The van der Waals surface area contributed by atoms with Crippen LogP contribution in [0.3, 0.4) is 0 Å². The third-order valence-corrected chi connectivity index (χ3v) is 3.05. The molecule has 5 heteroatoms. The van der Waals surface area contributed by atoms with Crippen LogP contribution in [0.5, 0.6) is 0 Å². The van der Waals surface area contributed by atoms with E-state index in [1.165, 1.54) is 0 Å². The van der Waals surface area contributed by atoms with Crippen molar-refractivity contribution in [2.75, 3.05) is 7.05 Å². The van der Waals surface area contributed by atoms with Crippen molar-refractivity contribution < 1.29 is 9.90 Å². The lowest BCUT2D eigenvalue weighted by Gasteiger charge is -2.09. The molecular weight excluding hydrogens is 252 g/mol. The van der Waals surface area contributed by atoms with E-state index in [1.807, 2.05) is 42.1 Å². The first-order valence-corrected chi connectivity index (χ1v) is 5.56. The van der Waals surface area contributed by atoms with E-state index in [0.29, 0.717) is 6.42 Å². The molecule has 0 aliphatic rings. The van der Waals surface area contributed by atoms with E-state index >= 15 is 0 Å². The monoisotopic (exact) mass is 268 g/mol. The van der Waals surface area contributed by atoms with Gasteiger partial charge in [-0.05, 0) is 18.7 Å². The number of fused-ring (bicyclic) bond motifs is 1. The maximum absolute atomic E-state index is 11.0. The highest BCUT2D eigenvalue weighted by Crippen LogP contribution is 2.21. The Kier molecular flexibility index (Phi) is 4.76. The Morgan fingerprint density at radius 1 is 1.44 bits per heavy atom. The fraction of sp³-hybridized carbons (Fsp3) is 0.308. The van der Waals surface area contributed by atoms with Crippen molar-refractivity contribution >= 4 is 29.3 Å². The van der Waals surface area contributed by atoms with Gasteiger partial charge in [0, 0.05) is 30.6 Å². The van der Waals surface area contributed by atoms with E-state index < -0.39 is 12.0 Å². The lowest BCUT2D eigenvalue weighted by atomic mass is 10.1. The van der Waals surface area contributed by atoms with Crippen molar-refractivity contribution in [3.05, 3.63) is 36.0 Å². The van der Waals surface area contributed by atoms with Crippen molar-refractivity contribution in [2.24, 2.45) is 7.05 Å². The Labute approximate surface area is 112 Å². The molecule has 0 fully saturated rings. The molecule has 1 heterocycles. The van der Waals surface area contributed by atoms with E-state index in [-0.39, 0.29) is 12.4 Å². The van der Waals surface area contributed by atoms with Crippen LogP contribution >= 0.6 is 12.4 Å². The van der Waals surface area contributed by atoms with Gasteiger partial charge in [-0.1, -0.05) is 18.2 Å². The van der Waals surface area contributed by atoms with E-state index in [9.17, 15) is 4.79 Å². The number of carbonyl (C=O) groups is 1. The normalized spacial score (nSPS) is 12.1. The minimum atomic E-state index is -0.819. The highest BCUT2D eigenvalue weighted by Gasteiger charge is 2.17. The molecule has 0 unspecified atom stereocenters. The Morgan fingerprint density at radius 3 is 2.72 bits per heavy atom. The standard InChI is InChI=1S/C13H16N2O2.ClH/c1-14-11(13(16)17)7-9-8-15(2)12-6-4-3-5-10(9)12;/h3-6,8,11,14H,7H2,1-2H3,(H,16,17);1H/t11-;/m1./s1. The van der Waals surface area contributed by atoms with Crippen LogP contribution in [-0.2, 0) is 18.3 Å². The summed E-state index contributed by atoms with van der Waals surface area (Å²) in [6, 6.07) is 7.48. The second kappa shape index (κ2) is 5.89. The van der Waals surface area contributed by atoms with Gasteiger partial charge in [0.15, 0.2) is 0 Å². The predicted octanol–water partition coefficient (Wildman–Crippen LogP) is 1.82. The highest BCUT2D eigenvalue weighted by atomic mass is 35.5. The smallest absolute Gasteiger partial charge is 0.321 e. The molecule has 0 radical (unpaired) electrons. The second-order valence-electron chi connectivity index (χ2n) is 4.17. The number of para-hydroxylation sites is 1. The number of hydrogen-bond donors (Lipinski definition) is 2. The molecule has 2 rings (SSSR count). The molecule has 1 atom stereocenters. The van der Waals surface area contributed by atoms with Gasteiger partial charge in [0.2, 0.25) is 0 Å². The van der Waals surface area contributed by atoms with Crippen molar-refractivity contribution in [1.82, 2.24) is 9.88 Å². The molecule has 98 valence electrons. The number of carboxylic acid groups (broad SMARTS) is 1. The molecule has 0 saturated heterocycles. The van der Waals surface area contributed by atoms with Gasteiger partial charge >= 0.3 is 5.97 Å². The zero-order valence-electron chi connectivity index (χ0n) is 10.4. The van der Waals surface area contributed by atoms with Crippen LogP contribution in [0, 0.1) is 0 Å². The molecule has 1 aromatic heterocycles. The minimum absolute atomic E-state index is 0. The number of likely N-dealkylation sites (N-methyl/N-ethyl adjacent to an activating group) is 1. The minimum Gasteiger partial charge on any atom is -0.480 e. The molecule has 2 aromatic rings. The number of halogens is 1. The maximum Gasteiger partial charge on any atom is 0.321 e. The number of aromatic nitrogens is 1. The van der Waals surface area contributed by atoms with Crippen LogP contribution in [0.25, 0.3) is 10.9 Å². The molecule has 0 aliphatic heterocycles. The first-order valence-electron chi connectivity index (χ1n) is 5.56. The number of hydrogen-bond acceptors (Lipinski definition) is 2. The number of carboxylic acids is 1. The van der Waals surface area contributed by atoms with Crippen LogP contribution in [0.4, 0.5) is 0 Å². The number of benzene rings is 1. The molecule has 4 nitrogen and oxygen atoms in total. The van der Waals surface area contributed by atoms with E-state index in [0.717, 1.165) is 16.5 Å². The van der Waals surface area contributed by atoms with Gasteiger partial charge in [-0.15, -0.1) is 12.4 Å². The van der Waals surface area contributed by atoms with Crippen molar-refractivity contribution in [3.8, 4) is 0 Å². The SMILES string of the molecule is CN[C@H](Cc1cn(C)c2ccccc12)C(=O)O.Cl. The average Bonchev–Trinajstić information content (AvgIpc) is 2.63. The summed E-state index contributed by atoms with van der Waals surface area (Å²) in [4.78, 5) is 11.0. The van der Waals surface area contributed by atoms with Gasteiger partial charge in [0.25, 0.3) is 0 Å². The predicted molar refractivity (Wildman–Crippen MR) is 74.4 cm³/mol. The Bertz CT molecular complexity index is 551. The van der Waals surface area contributed by atoms with Gasteiger partial charge in [0.1, 0.15) is 6.04 Å². The van der Waals surface area contributed by atoms with E-state index in [2.05, 4.69) is 5.32 Å². The first-order chi connectivity index (χ1) is 8.13. The molecule has 2 N–H and O–H groups in total. The number of nitrogens with zero attached hydrogens (tertiary/aromatic N) is 1. The second-order valence-corrected chi connectivity index (χ2v) is 4.17. The van der Waals surface area contributed by atoms with Crippen LogP contribution in [0.15, 0.2) is 30.5 Å². The first kappa shape index (κ1) is 14.5. The molecule has 0 aliphatic carbocycles. The third-order valence-electron chi connectivity index (χ3n) is 3.05. The summed E-state index contributed by atoms with van der Waals surface area (Å²) in [6.07, 6.45) is 2.49. The molecule has 18 heavy (non-hydrogen) atoms. The highest BCUT2D eigenvalue weighted by molar-refractivity contribution is 5.85. The van der Waals surface area contributed by atoms with Crippen molar-refractivity contribution in [1.29, 1.82) is 0 Å². The summed E-state index contributed by atoms with van der Waals surface area (Å²) in [5.74, 6) is -0.819. The summed E-state index contributed by atoms with van der Waals surface area (Å²) in [5.41, 5.74) is 2.19. The fourth-order valence-electron chi connectivity index (χ4n) is 2.12. The van der Waals surface area contributed by atoms with Gasteiger partial charge in [-0.3, -0.25) is 4.79 Å². The summed E-state index contributed by atoms with van der Waals surface area (Å²) < 4.78 is 2.03. The quantitative estimate of drug-likeness (QED) is 0.889. The van der Waals surface area contributed by atoms with E-state index in [1.54, 1.807) is 7.05 Å². The maximum atomic E-state index is 11.0. The van der Waals surface area contributed by atoms with Crippen molar-refractivity contribution in [3.63, 3.8) is 0 Å². The lowest BCUT2D eigenvalue weighted by Crippen LogP contribution is -2.35. The summed E-state index contributed by atoms with van der Waals surface area (Å²) in [7, 11) is 3.64. The van der Waals surface area contributed by atoms with Crippen LogP contribution in [-0.4, -0.2) is 28.7 Å². The number of aliphatic carboxylic acids is 1. The number of rotatable bonds is 4. The topological polar surface area (TPSA) is 54.3 Å². The van der Waals surface area contributed by atoms with Crippen molar-refractivity contribution in [2.45, 2.75) is 12.5 Å². The summed E-state index contributed by atoms with van der Waals surface area (Å²) in [5, 5.41) is 13.0. The average molecular weight is 269 g/mol. The zero-order valence-corrected chi connectivity index (χ0v) is 11.2. The van der Waals surface area contributed by atoms with Gasteiger partial charge < -0.3 is 15.0 Å². The molecular formula is C13H17ClN2O2. The molecule has 1 aromatic carbocycles. The largest absolute Gasteiger partial charge is 0.480 e. The van der Waals surface area contributed by atoms with Gasteiger partial charge in [-0.2, -0.15) is 0 Å². The zero-order chi connectivity index (χ0) is 12.4. The van der Waals surface area contributed by atoms with Gasteiger partial charge in [-0.25, -0.2) is 0 Å². The molecule has 0 saturated carbocycles.